The average Bonchev–Trinajstić information content (AvgIpc) is 2.97. The summed E-state index contributed by atoms with van der Waals surface area (Å²) in [7, 11) is 0. The Morgan fingerprint density at radius 2 is 1.67 bits per heavy atom. The lowest BCUT2D eigenvalue weighted by Crippen LogP contribution is -2.06. The summed E-state index contributed by atoms with van der Waals surface area (Å²) >= 11 is 0. The maximum absolute atomic E-state index is 12.7. The van der Waals surface area contributed by atoms with Gasteiger partial charge in [-0.1, -0.05) is 12.1 Å². The molecule has 2 aromatic heterocycles. The number of nitrogens with two attached hydrogens (primary N) is 1. The molecular weight excluding hydrogens is 357 g/mol. The molecule has 27 heavy (non-hydrogen) atoms. The van der Waals surface area contributed by atoms with Crippen molar-refractivity contribution in [2.75, 3.05) is 11.1 Å². The number of nitrogens with zero attached hydrogens (tertiary/aromatic N) is 4. The van der Waals surface area contributed by atoms with Gasteiger partial charge in [0.15, 0.2) is 11.6 Å². The molecule has 2 aromatic carbocycles. The minimum Gasteiger partial charge on any atom is -0.369 e. The van der Waals surface area contributed by atoms with Gasteiger partial charge in [-0.2, -0.15) is 13.2 Å². The predicted octanol–water partition coefficient (Wildman–Crippen LogP) is 4.16. The molecule has 6 nitrogen and oxygen atoms in total. The Kier molecular flexibility index (Phi) is 3.91. The molecule has 0 unspecified atom stereocenters. The average molecular weight is 370 g/mol. The van der Waals surface area contributed by atoms with Crippen molar-refractivity contribution in [3.63, 3.8) is 0 Å². The zero-order valence-corrected chi connectivity index (χ0v) is 13.8. The molecule has 3 N–H and O–H groups in total. The van der Waals surface area contributed by atoms with Gasteiger partial charge in [-0.25, -0.2) is 9.97 Å². The molecular formula is C18H13F3N6. The first-order valence-electron chi connectivity index (χ1n) is 7.91. The number of para-hydroxylation sites is 2. The summed E-state index contributed by atoms with van der Waals surface area (Å²) in [5.41, 5.74) is 7.24. The highest BCUT2D eigenvalue weighted by atomic mass is 19.4. The van der Waals surface area contributed by atoms with Crippen LogP contribution in [0.25, 0.3) is 16.9 Å². The lowest BCUT2D eigenvalue weighted by molar-refractivity contribution is -0.137. The van der Waals surface area contributed by atoms with Gasteiger partial charge in [-0.3, -0.25) is 9.55 Å². The van der Waals surface area contributed by atoms with Crippen molar-refractivity contribution in [1.82, 2.24) is 19.5 Å². The van der Waals surface area contributed by atoms with Crippen LogP contribution in [-0.4, -0.2) is 19.5 Å². The third kappa shape index (κ3) is 3.26. The monoisotopic (exact) mass is 370 g/mol. The fourth-order valence-corrected chi connectivity index (χ4v) is 2.70. The minimum atomic E-state index is -4.38. The van der Waals surface area contributed by atoms with Crippen LogP contribution in [0, 0.1) is 0 Å². The number of nitrogens with one attached hydrogen (secondary N) is 1. The predicted molar refractivity (Wildman–Crippen MR) is 95.8 cm³/mol. The highest BCUT2D eigenvalue weighted by Gasteiger charge is 2.29. The third-order valence-electron chi connectivity index (χ3n) is 3.92. The second kappa shape index (κ2) is 6.27. The van der Waals surface area contributed by atoms with Gasteiger partial charge >= 0.3 is 6.18 Å². The molecule has 4 rings (SSSR count). The third-order valence-corrected chi connectivity index (χ3v) is 3.92. The molecule has 0 saturated heterocycles. The Labute approximate surface area is 151 Å². The number of rotatable bonds is 3. The summed E-state index contributed by atoms with van der Waals surface area (Å²) in [6.45, 7) is 0. The normalized spacial score (nSPS) is 11.7. The zero-order chi connectivity index (χ0) is 19.0. The Bertz CT molecular complexity index is 1100. The van der Waals surface area contributed by atoms with E-state index in [1.165, 1.54) is 24.5 Å². The summed E-state index contributed by atoms with van der Waals surface area (Å²) in [5.74, 6) is 1.07. The van der Waals surface area contributed by atoms with Crippen LogP contribution in [0.15, 0.2) is 60.9 Å². The maximum atomic E-state index is 12.7. The highest BCUT2D eigenvalue weighted by molar-refractivity contribution is 5.80. The molecule has 0 aliphatic rings. The molecule has 136 valence electrons. The molecule has 0 bridgehead atoms. The molecule has 0 radical (unpaired) electrons. The van der Waals surface area contributed by atoms with Crippen molar-refractivity contribution in [1.29, 1.82) is 0 Å². The van der Waals surface area contributed by atoms with Crippen molar-refractivity contribution in [2.45, 2.75) is 6.18 Å². The molecule has 0 aliphatic heterocycles. The lowest BCUT2D eigenvalue weighted by Gasteiger charge is -2.10. The molecule has 2 heterocycles. The fraction of sp³-hybridized carbons (Fsp3) is 0.0556. The van der Waals surface area contributed by atoms with Gasteiger partial charge in [0.1, 0.15) is 0 Å². The topological polar surface area (TPSA) is 81.6 Å². The summed E-state index contributed by atoms with van der Waals surface area (Å²) in [5, 5.41) is 2.94. The quantitative estimate of drug-likeness (QED) is 0.566. The van der Waals surface area contributed by atoms with E-state index < -0.39 is 11.7 Å². The number of aromatic nitrogens is 4. The van der Waals surface area contributed by atoms with Crippen molar-refractivity contribution in [2.24, 2.45) is 0 Å². The first kappa shape index (κ1) is 16.8. The molecule has 0 aliphatic carbocycles. The van der Waals surface area contributed by atoms with E-state index in [0.29, 0.717) is 17.3 Å². The van der Waals surface area contributed by atoms with E-state index in [4.69, 9.17) is 5.73 Å². The van der Waals surface area contributed by atoms with Crippen LogP contribution in [0.1, 0.15) is 5.56 Å². The van der Waals surface area contributed by atoms with Crippen molar-refractivity contribution < 1.29 is 13.2 Å². The van der Waals surface area contributed by atoms with Crippen LogP contribution >= 0.6 is 0 Å². The highest BCUT2D eigenvalue weighted by Crippen LogP contribution is 2.30. The standard InChI is InChI=1S/C18H13F3N6/c19-18(20,21)11-5-7-12(8-6-11)24-15-9-23-10-16(26-15)27-14-4-2-1-3-13(14)25-17(27)22/h1-10H,(H2,22,25)(H,24,26). The van der Waals surface area contributed by atoms with Crippen LogP contribution in [0.2, 0.25) is 0 Å². The van der Waals surface area contributed by atoms with E-state index in [1.807, 2.05) is 24.3 Å². The summed E-state index contributed by atoms with van der Waals surface area (Å²) in [6, 6.07) is 12.1. The summed E-state index contributed by atoms with van der Waals surface area (Å²) < 4.78 is 39.6. The van der Waals surface area contributed by atoms with Gasteiger partial charge in [0.2, 0.25) is 5.95 Å². The number of imidazole rings is 1. The van der Waals surface area contributed by atoms with Gasteiger partial charge in [-0.05, 0) is 36.4 Å². The van der Waals surface area contributed by atoms with Gasteiger partial charge in [0.25, 0.3) is 0 Å². The van der Waals surface area contributed by atoms with E-state index in [0.717, 1.165) is 23.2 Å². The smallest absolute Gasteiger partial charge is 0.369 e. The maximum Gasteiger partial charge on any atom is 0.416 e. The number of nitrogen functional groups attached to an aromatic ring is 1. The second-order valence-corrected chi connectivity index (χ2v) is 5.76. The number of fused-ring (bicyclic) bond motifs is 1. The van der Waals surface area contributed by atoms with E-state index in [-0.39, 0.29) is 5.95 Å². The molecule has 9 heteroatoms. The van der Waals surface area contributed by atoms with Crippen molar-refractivity contribution in [3.8, 4) is 5.82 Å². The molecule has 0 spiro atoms. The number of hydrogen-bond donors (Lipinski definition) is 2. The molecule has 4 aromatic rings. The molecule has 0 amide bonds. The second-order valence-electron chi connectivity index (χ2n) is 5.76. The Balaban J connectivity index is 1.66. The summed E-state index contributed by atoms with van der Waals surface area (Å²) in [4.78, 5) is 12.9. The van der Waals surface area contributed by atoms with E-state index >= 15 is 0 Å². The Morgan fingerprint density at radius 1 is 0.926 bits per heavy atom. The number of alkyl halides is 3. The van der Waals surface area contributed by atoms with Gasteiger partial charge < -0.3 is 11.1 Å². The minimum absolute atomic E-state index is 0.261. The summed E-state index contributed by atoms with van der Waals surface area (Å²) in [6.07, 6.45) is -1.38. The largest absolute Gasteiger partial charge is 0.416 e. The van der Waals surface area contributed by atoms with Crippen LogP contribution in [-0.2, 0) is 6.18 Å². The van der Waals surface area contributed by atoms with E-state index in [9.17, 15) is 13.2 Å². The number of hydrogen-bond acceptors (Lipinski definition) is 5. The lowest BCUT2D eigenvalue weighted by atomic mass is 10.2. The van der Waals surface area contributed by atoms with Crippen molar-refractivity contribution in [3.05, 3.63) is 66.5 Å². The van der Waals surface area contributed by atoms with Crippen LogP contribution < -0.4 is 11.1 Å². The number of benzene rings is 2. The Morgan fingerprint density at radius 3 is 2.41 bits per heavy atom. The van der Waals surface area contributed by atoms with Gasteiger partial charge in [0, 0.05) is 5.69 Å². The van der Waals surface area contributed by atoms with Crippen LogP contribution in [0.3, 0.4) is 0 Å². The van der Waals surface area contributed by atoms with Crippen LogP contribution in [0.5, 0.6) is 0 Å². The van der Waals surface area contributed by atoms with Crippen molar-refractivity contribution >= 4 is 28.5 Å². The first-order valence-corrected chi connectivity index (χ1v) is 7.91. The molecule has 0 atom stereocenters. The molecule has 0 fully saturated rings. The van der Waals surface area contributed by atoms with Gasteiger partial charge in [-0.15, -0.1) is 0 Å². The molecule has 0 saturated carbocycles. The fourth-order valence-electron chi connectivity index (χ4n) is 2.70. The first-order chi connectivity index (χ1) is 12.9. The Hall–Kier alpha value is -3.62. The van der Waals surface area contributed by atoms with E-state index in [1.54, 1.807) is 4.57 Å². The van der Waals surface area contributed by atoms with E-state index in [2.05, 4.69) is 20.3 Å². The van der Waals surface area contributed by atoms with Gasteiger partial charge in [0.05, 0.1) is 29.0 Å². The number of halogens is 3. The zero-order valence-electron chi connectivity index (χ0n) is 13.8. The van der Waals surface area contributed by atoms with Crippen LogP contribution in [0.4, 0.5) is 30.6 Å². The number of anilines is 3. The SMILES string of the molecule is Nc1nc2ccccc2n1-c1cncc(Nc2ccc(C(F)(F)F)cc2)n1.